The molecule has 0 aliphatic heterocycles. The van der Waals surface area contributed by atoms with Gasteiger partial charge in [0.15, 0.2) is 0 Å². The molecule has 0 unspecified atom stereocenters. The maximum Gasteiger partial charge on any atom is 0.0912 e. The molecule has 2 aliphatic rings. The molecular formula is C31H45NO. The number of allylic oxidation sites excluding steroid dienone is 4. The number of benzene rings is 1. The highest BCUT2D eigenvalue weighted by Crippen LogP contribution is 2.37. The Bertz CT molecular complexity index is 740. The first kappa shape index (κ1) is 25.8. The lowest BCUT2D eigenvalue weighted by atomic mass is 9.78. The van der Waals surface area contributed by atoms with Crippen LogP contribution in [0.4, 0.5) is 0 Å². The smallest absolute Gasteiger partial charge is 0.0912 e. The van der Waals surface area contributed by atoms with Gasteiger partial charge in [0.1, 0.15) is 0 Å². The summed E-state index contributed by atoms with van der Waals surface area (Å²) in [5.74, 6) is 2.37. The summed E-state index contributed by atoms with van der Waals surface area (Å²) in [6.45, 7) is 3.25. The second kappa shape index (κ2) is 15.1. The lowest BCUT2D eigenvalue weighted by Gasteiger charge is -2.32. The minimum atomic E-state index is 0.494. The lowest BCUT2D eigenvalue weighted by molar-refractivity contribution is -0.00824. The number of ether oxygens (including phenoxy) is 1. The standard InChI is InChI=1S/C31H45NO/c1-2-3-7-10-26-12-18-29(19-13-26)30-20-14-28(15-21-30)25-33-31-22-16-27(17-23-31)11-8-5-4-6-9-24-32/h4-6,9,12-13,18-19,27-28,30-31H,2-3,7-8,10-11,14-17,20-23,25H2,1H3/b5-4+,9-6+/t27-,28-,30-,31-. The highest BCUT2D eigenvalue weighted by Gasteiger charge is 2.25. The molecule has 180 valence electrons. The molecule has 2 heteroatoms. The highest BCUT2D eigenvalue weighted by molar-refractivity contribution is 5.26. The minimum absolute atomic E-state index is 0.494. The molecule has 0 saturated heterocycles. The summed E-state index contributed by atoms with van der Waals surface area (Å²) in [5.41, 5.74) is 3.07. The van der Waals surface area contributed by atoms with Crippen molar-refractivity contribution in [2.75, 3.05) is 6.61 Å². The number of hydrogen-bond donors (Lipinski definition) is 0. The van der Waals surface area contributed by atoms with Crippen molar-refractivity contribution in [3.05, 3.63) is 59.7 Å². The van der Waals surface area contributed by atoms with Crippen molar-refractivity contribution in [1.29, 1.82) is 5.26 Å². The third-order valence-electron chi connectivity index (χ3n) is 7.89. The van der Waals surface area contributed by atoms with Crippen LogP contribution in [0.15, 0.2) is 48.6 Å². The first-order chi connectivity index (χ1) is 16.3. The molecule has 0 bridgehead atoms. The first-order valence-electron chi connectivity index (χ1n) is 13.7. The molecule has 2 saturated carbocycles. The maximum absolute atomic E-state index is 8.49. The maximum atomic E-state index is 8.49. The molecule has 1 aromatic rings. The van der Waals surface area contributed by atoms with E-state index in [0.29, 0.717) is 6.10 Å². The second-order valence-electron chi connectivity index (χ2n) is 10.4. The quantitative estimate of drug-likeness (QED) is 0.182. The fraction of sp³-hybridized carbons (Fsp3) is 0.645. The Labute approximate surface area is 203 Å². The van der Waals surface area contributed by atoms with Gasteiger partial charge < -0.3 is 4.74 Å². The van der Waals surface area contributed by atoms with Crippen LogP contribution in [0.25, 0.3) is 0 Å². The Balaban J connectivity index is 1.27. The third-order valence-corrected chi connectivity index (χ3v) is 7.89. The van der Waals surface area contributed by atoms with Crippen molar-refractivity contribution in [2.24, 2.45) is 11.8 Å². The fourth-order valence-corrected chi connectivity index (χ4v) is 5.66. The summed E-state index contributed by atoms with van der Waals surface area (Å²) >= 11 is 0. The SMILES string of the molecule is CCCCCc1ccc([C@H]2CC[C@H](CO[C@H]3CC[C@H](CC/C=C/C=C/C#N)CC3)CC2)cc1. The molecule has 2 aliphatic carbocycles. The molecular weight excluding hydrogens is 402 g/mol. The Morgan fingerprint density at radius 1 is 0.909 bits per heavy atom. The van der Waals surface area contributed by atoms with Crippen LogP contribution in [0, 0.1) is 23.2 Å². The van der Waals surface area contributed by atoms with Gasteiger partial charge in [-0.25, -0.2) is 0 Å². The van der Waals surface area contributed by atoms with Crippen LogP contribution < -0.4 is 0 Å². The molecule has 0 spiro atoms. The molecule has 0 heterocycles. The van der Waals surface area contributed by atoms with Gasteiger partial charge in [-0.2, -0.15) is 5.26 Å². The average molecular weight is 448 g/mol. The molecule has 2 fully saturated rings. The Morgan fingerprint density at radius 3 is 2.33 bits per heavy atom. The van der Waals surface area contributed by atoms with Gasteiger partial charge in [0.25, 0.3) is 0 Å². The van der Waals surface area contributed by atoms with E-state index in [9.17, 15) is 0 Å². The first-order valence-corrected chi connectivity index (χ1v) is 13.7. The molecule has 0 N–H and O–H groups in total. The van der Waals surface area contributed by atoms with E-state index >= 15 is 0 Å². The second-order valence-corrected chi connectivity index (χ2v) is 10.4. The van der Waals surface area contributed by atoms with E-state index in [1.807, 2.05) is 18.2 Å². The largest absolute Gasteiger partial charge is 0.378 e. The zero-order valence-corrected chi connectivity index (χ0v) is 20.9. The molecule has 0 aromatic heterocycles. The van der Waals surface area contributed by atoms with Crippen molar-refractivity contribution < 1.29 is 4.74 Å². The van der Waals surface area contributed by atoms with Crippen molar-refractivity contribution >= 4 is 0 Å². The van der Waals surface area contributed by atoms with Gasteiger partial charge in [-0.3, -0.25) is 0 Å². The van der Waals surface area contributed by atoms with E-state index in [-0.39, 0.29) is 0 Å². The van der Waals surface area contributed by atoms with Gasteiger partial charge in [0.05, 0.1) is 12.2 Å². The number of nitrogens with zero attached hydrogens (tertiary/aromatic N) is 1. The number of unbranched alkanes of at least 4 members (excludes halogenated alkanes) is 2. The minimum Gasteiger partial charge on any atom is -0.378 e. The molecule has 0 radical (unpaired) electrons. The number of aryl methyl sites for hydroxylation is 1. The van der Waals surface area contributed by atoms with Crippen LogP contribution in [-0.2, 0) is 11.2 Å². The molecule has 3 rings (SSSR count). The molecule has 0 atom stereocenters. The van der Waals surface area contributed by atoms with Crippen LogP contribution in [-0.4, -0.2) is 12.7 Å². The molecule has 0 amide bonds. The summed E-state index contributed by atoms with van der Waals surface area (Å²) in [5, 5.41) is 8.49. The predicted octanol–water partition coefficient (Wildman–Crippen LogP) is 8.68. The van der Waals surface area contributed by atoms with Crippen molar-refractivity contribution in [3.63, 3.8) is 0 Å². The lowest BCUT2D eigenvalue weighted by Crippen LogP contribution is -2.25. The van der Waals surface area contributed by atoms with E-state index in [0.717, 1.165) is 30.8 Å². The fourth-order valence-electron chi connectivity index (χ4n) is 5.66. The molecule has 1 aromatic carbocycles. The van der Waals surface area contributed by atoms with Crippen LogP contribution in [0.2, 0.25) is 0 Å². The van der Waals surface area contributed by atoms with E-state index in [1.165, 1.54) is 95.1 Å². The van der Waals surface area contributed by atoms with Gasteiger partial charge in [-0.1, -0.05) is 62.3 Å². The van der Waals surface area contributed by atoms with Crippen LogP contribution >= 0.6 is 0 Å². The predicted molar refractivity (Wildman–Crippen MR) is 139 cm³/mol. The summed E-state index contributed by atoms with van der Waals surface area (Å²) < 4.78 is 6.39. The Hall–Kier alpha value is -1.85. The van der Waals surface area contributed by atoms with E-state index in [4.69, 9.17) is 10.00 Å². The summed E-state index contributed by atoms with van der Waals surface area (Å²) in [6.07, 6.45) is 26.0. The third kappa shape index (κ3) is 9.50. The number of hydrogen-bond acceptors (Lipinski definition) is 2. The molecule has 33 heavy (non-hydrogen) atoms. The van der Waals surface area contributed by atoms with Crippen LogP contribution in [0.3, 0.4) is 0 Å². The van der Waals surface area contributed by atoms with Gasteiger partial charge in [-0.15, -0.1) is 0 Å². The van der Waals surface area contributed by atoms with Crippen LogP contribution in [0.1, 0.15) is 107 Å². The van der Waals surface area contributed by atoms with Gasteiger partial charge >= 0.3 is 0 Å². The van der Waals surface area contributed by atoms with Crippen molar-refractivity contribution in [2.45, 2.75) is 109 Å². The summed E-state index contributed by atoms with van der Waals surface area (Å²) in [6, 6.07) is 11.6. The van der Waals surface area contributed by atoms with Gasteiger partial charge in [-0.05, 0) is 106 Å². The Morgan fingerprint density at radius 2 is 1.64 bits per heavy atom. The van der Waals surface area contributed by atoms with Crippen LogP contribution in [0.5, 0.6) is 0 Å². The zero-order chi connectivity index (χ0) is 23.1. The number of rotatable bonds is 12. The van der Waals surface area contributed by atoms with Crippen molar-refractivity contribution in [3.8, 4) is 6.07 Å². The normalized spacial score (nSPS) is 26.1. The van der Waals surface area contributed by atoms with Crippen molar-refractivity contribution in [1.82, 2.24) is 0 Å². The number of nitriles is 1. The topological polar surface area (TPSA) is 33.0 Å². The average Bonchev–Trinajstić information content (AvgIpc) is 2.86. The van der Waals surface area contributed by atoms with E-state index in [2.05, 4.69) is 37.3 Å². The molecule has 2 nitrogen and oxygen atoms in total. The summed E-state index contributed by atoms with van der Waals surface area (Å²) in [7, 11) is 0. The van der Waals surface area contributed by atoms with Gasteiger partial charge in [0.2, 0.25) is 0 Å². The van der Waals surface area contributed by atoms with E-state index in [1.54, 1.807) is 5.56 Å². The Kier molecular flexibility index (Phi) is 11.8. The monoisotopic (exact) mass is 447 g/mol. The highest BCUT2D eigenvalue weighted by atomic mass is 16.5. The van der Waals surface area contributed by atoms with E-state index < -0.39 is 0 Å². The zero-order valence-electron chi connectivity index (χ0n) is 20.9. The summed E-state index contributed by atoms with van der Waals surface area (Å²) in [4.78, 5) is 0. The van der Waals surface area contributed by atoms with Gasteiger partial charge in [0, 0.05) is 12.7 Å².